The van der Waals surface area contributed by atoms with E-state index in [2.05, 4.69) is 67.6 Å². The van der Waals surface area contributed by atoms with Crippen molar-refractivity contribution in [2.24, 2.45) is 0 Å². The topological polar surface area (TPSA) is 21.5 Å². The van der Waals surface area contributed by atoms with Crippen molar-refractivity contribution in [2.75, 3.05) is 0 Å². The molecule has 122 valence electrons. The number of fused-ring (bicyclic) bond motifs is 1. The molecule has 0 aliphatic heterocycles. The number of carbonyl (C=O) groups is 1. The molecule has 0 saturated carbocycles. The van der Waals surface area contributed by atoms with Gasteiger partial charge in [0.2, 0.25) is 0 Å². The lowest BCUT2D eigenvalue weighted by Crippen LogP contribution is -1.93. The molecule has 0 spiro atoms. The van der Waals surface area contributed by atoms with Crippen molar-refractivity contribution in [1.29, 1.82) is 0 Å². The van der Waals surface area contributed by atoms with Crippen LogP contribution in [0.1, 0.15) is 27.2 Å². The minimum atomic E-state index is 0.700. The molecule has 0 N–H and O–H groups in total. The molecule has 0 atom stereocenters. The number of aryl methyl sites for hydroxylation is 1. The van der Waals surface area contributed by atoms with Crippen LogP contribution in [0, 0.1) is 6.92 Å². The second-order valence-corrected chi connectivity index (χ2v) is 6.42. The van der Waals surface area contributed by atoms with Crippen LogP contribution in [0.5, 0.6) is 0 Å². The van der Waals surface area contributed by atoms with E-state index in [-0.39, 0.29) is 0 Å². The average Bonchev–Trinajstić information content (AvgIpc) is 3.00. The van der Waals surface area contributed by atoms with Gasteiger partial charge in [0.1, 0.15) is 0 Å². The van der Waals surface area contributed by atoms with Crippen LogP contribution in [0.15, 0.2) is 79.0 Å². The number of aldehydes is 1. The molecule has 4 aromatic rings. The molecule has 0 amide bonds. The Kier molecular flexibility index (Phi) is 3.95. The Morgan fingerprint density at radius 1 is 0.880 bits per heavy atom. The first-order chi connectivity index (χ1) is 12.2. The van der Waals surface area contributed by atoms with Gasteiger partial charge in [0.15, 0.2) is 6.29 Å². The standard InChI is InChI=1S/C23H19NO/c1-17-11-12-24-21(13-17)15-22(23(24)16-25)20-9-7-19(8-10-20)14-18-5-3-2-4-6-18/h2-13,15-16H,14H2,1H3. The van der Waals surface area contributed by atoms with Crippen LogP contribution in [0.2, 0.25) is 0 Å². The Morgan fingerprint density at radius 3 is 2.32 bits per heavy atom. The third-order valence-corrected chi connectivity index (χ3v) is 4.60. The summed E-state index contributed by atoms with van der Waals surface area (Å²) in [6, 6.07) is 25.1. The summed E-state index contributed by atoms with van der Waals surface area (Å²) in [5.74, 6) is 0. The van der Waals surface area contributed by atoms with E-state index in [4.69, 9.17) is 0 Å². The van der Waals surface area contributed by atoms with Crippen LogP contribution in [-0.2, 0) is 6.42 Å². The third-order valence-electron chi connectivity index (χ3n) is 4.60. The van der Waals surface area contributed by atoms with Crippen LogP contribution in [-0.4, -0.2) is 10.7 Å². The molecule has 2 aromatic heterocycles. The average molecular weight is 325 g/mol. The van der Waals surface area contributed by atoms with E-state index in [9.17, 15) is 4.79 Å². The molecule has 0 aliphatic rings. The van der Waals surface area contributed by atoms with Crippen molar-refractivity contribution in [3.05, 3.63) is 101 Å². The molecule has 0 radical (unpaired) electrons. The Morgan fingerprint density at radius 2 is 1.60 bits per heavy atom. The maximum absolute atomic E-state index is 11.6. The first-order valence-corrected chi connectivity index (χ1v) is 8.45. The summed E-state index contributed by atoms with van der Waals surface area (Å²) in [6.07, 6.45) is 3.82. The lowest BCUT2D eigenvalue weighted by atomic mass is 10.0. The van der Waals surface area contributed by atoms with E-state index in [1.807, 2.05) is 22.7 Å². The number of hydrogen-bond acceptors (Lipinski definition) is 1. The van der Waals surface area contributed by atoms with Gasteiger partial charge in [-0.3, -0.25) is 4.79 Å². The number of benzene rings is 2. The normalized spacial score (nSPS) is 10.9. The fraction of sp³-hybridized carbons (Fsp3) is 0.0870. The lowest BCUT2D eigenvalue weighted by molar-refractivity contribution is 0.111. The van der Waals surface area contributed by atoms with Gasteiger partial charge in [-0.15, -0.1) is 0 Å². The van der Waals surface area contributed by atoms with E-state index < -0.39 is 0 Å². The van der Waals surface area contributed by atoms with Crippen molar-refractivity contribution in [3.63, 3.8) is 0 Å². The van der Waals surface area contributed by atoms with Crippen molar-refractivity contribution >= 4 is 11.8 Å². The van der Waals surface area contributed by atoms with Crippen molar-refractivity contribution in [2.45, 2.75) is 13.3 Å². The fourth-order valence-electron chi connectivity index (χ4n) is 3.30. The number of aromatic nitrogens is 1. The molecule has 0 unspecified atom stereocenters. The summed E-state index contributed by atoms with van der Waals surface area (Å²) >= 11 is 0. The minimum Gasteiger partial charge on any atom is -0.314 e. The Bertz CT molecular complexity index is 1030. The molecule has 2 aromatic carbocycles. The second kappa shape index (κ2) is 6.40. The zero-order valence-electron chi connectivity index (χ0n) is 14.1. The van der Waals surface area contributed by atoms with E-state index >= 15 is 0 Å². The highest BCUT2D eigenvalue weighted by molar-refractivity contribution is 5.90. The minimum absolute atomic E-state index is 0.700. The summed E-state index contributed by atoms with van der Waals surface area (Å²) in [7, 11) is 0. The van der Waals surface area contributed by atoms with Gasteiger partial charge >= 0.3 is 0 Å². The molecule has 2 nitrogen and oxygen atoms in total. The molecule has 25 heavy (non-hydrogen) atoms. The monoisotopic (exact) mass is 325 g/mol. The lowest BCUT2D eigenvalue weighted by Gasteiger charge is -2.05. The van der Waals surface area contributed by atoms with Crippen LogP contribution < -0.4 is 0 Å². The van der Waals surface area contributed by atoms with Gasteiger partial charge in [-0.05, 0) is 53.8 Å². The number of nitrogens with zero attached hydrogens (tertiary/aromatic N) is 1. The van der Waals surface area contributed by atoms with Crippen molar-refractivity contribution in [1.82, 2.24) is 4.40 Å². The van der Waals surface area contributed by atoms with Crippen molar-refractivity contribution < 1.29 is 4.79 Å². The van der Waals surface area contributed by atoms with Crippen LogP contribution in [0.3, 0.4) is 0 Å². The fourth-order valence-corrected chi connectivity index (χ4v) is 3.30. The maximum atomic E-state index is 11.6. The van der Waals surface area contributed by atoms with Gasteiger partial charge in [0.05, 0.1) is 5.69 Å². The molecular weight excluding hydrogens is 306 g/mol. The van der Waals surface area contributed by atoms with Gasteiger partial charge in [-0.1, -0.05) is 54.6 Å². The number of hydrogen-bond donors (Lipinski definition) is 0. The maximum Gasteiger partial charge on any atom is 0.167 e. The van der Waals surface area contributed by atoms with Crippen molar-refractivity contribution in [3.8, 4) is 11.1 Å². The predicted molar refractivity (Wildman–Crippen MR) is 102 cm³/mol. The highest BCUT2D eigenvalue weighted by Gasteiger charge is 2.11. The summed E-state index contributed by atoms with van der Waals surface area (Å²) in [5.41, 5.74) is 7.55. The summed E-state index contributed by atoms with van der Waals surface area (Å²) < 4.78 is 1.95. The first kappa shape index (κ1) is 15.4. The highest BCUT2D eigenvalue weighted by atomic mass is 16.1. The SMILES string of the molecule is Cc1ccn2c(C=O)c(-c3ccc(Cc4ccccc4)cc3)cc2c1. The first-order valence-electron chi connectivity index (χ1n) is 8.45. The summed E-state index contributed by atoms with van der Waals surface area (Å²) in [4.78, 5) is 11.6. The van der Waals surface area contributed by atoms with E-state index in [1.54, 1.807) is 0 Å². The van der Waals surface area contributed by atoms with E-state index in [1.165, 1.54) is 16.7 Å². The molecule has 2 heterocycles. The summed E-state index contributed by atoms with van der Waals surface area (Å²) in [6.45, 7) is 2.06. The largest absolute Gasteiger partial charge is 0.314 e. The second-order valence-electron chi connectivity index (χ2n) is 6.42. The quantitative estimate of drug-likeness (QED) is 0.465. The molecular formula is C23H19NO. The van der Waals surface area contributed by atoms with Crippen LogP contribution >= 0.6 is 0 Å². The van der Waals surface area contributed by atoms with E-state index in [0.717, 1.165) is 29.4 Å². The van der Waals surface area contributed by atoms with Crippen LogP contribution in [0.4, 0.5) is 0 Å². The molecule has 0 bridgehead atoms. The zero-order chi connectivity index (χ0) is 17.2. The van der Waals surface area contributed by atoms with Gasteiger partial charge in [-0.2, -0.15) is 0 Å². The van der Waals surface area contributed by atoms with Gasteiger partial charge < -0.3 is 4.40 Å². The number of pyridine rings is 1. The molecule has 4 rings (SSSR count). The number of carbonyl (C=O) groups excluding carboxylic acids is 1. The molecule has 2 heteroatoms. The van der Waals surface area contributed by atoms with Crippen LogP contribution in [0.25, 0.3) is 16.6 Å². The Labute approximate surface area is 147 Å². The zero-order valence-corrected chi connectivity index (χ0v) is 14.1. The Balaban J connectivity index is 1.70. The molecule has 0 aliphatic carbocycles. The smallest absolute Gasteiger partial charge is 0.167 e. The summed E-state index contributed by atoms with van der Waals surface area (Å²) in [5, 5.41) is 0. The molecule has 0 saturated heterocycles. The predicted octanol–water partition coefficient (Wildman–Crippen LogP) is 5.32. The third kappa shape index (κ3) is 2.99. The molecule has 0 fully saturated rings. The van der Waals surface area contributed by atoms with Gasteiger partial charge in [0.25, 0.3) is 0 Å². The highest BCUT2D eigenvalue weighted by Crippen LogP contribution is 2.28. The Hall–Kier alpha value is -3.13. The van der Waals surface area contributed by atoms with Gasteiger partial charge in [0, 0.05) is 17.3 Å². The van der Waals surface area contributed by atoms with E-state index in [0.29, 0.717) is 5.69 Å². The van der Waals surface area contributed by atoms with Gasteiger partial charge in [-0.25, -0.2) is 0 Å². The number of rotatable bonds is 4.